The SMILES string of the molecule is C=CCc1ccc(OCCCn2c(CCCCCNC(=O)C(C)(C)C)nc3ccccc32)c(OC)c1. The smallest absolute Gasteiger partial charge is 0.225 e. The van der Waals surface area contributed by atoms with Crippen LogP contribution in [0.1, 0.15) is 57.8 Å². The van der Waals surface area contributed by atoms with Crippen LogP contribution in [0.25, 0.3) is 11.0 Å². The number of aryl methyl sites for hydroxylation is 2. The molecule has 0 aliphatic heterocycles. The van der Waals surface area contributed by atoms with Crippen LogP contribution in [0.2, 0.25) is 0 Å². The standard InChI is InChI=1S/C30H41N3O3/c1-6-13-23-17-18-26(27(22-23)35-5)36-21-12-20-33-25-15-10-9-14-24(25)32-28(33)16-8-7-11-19-31-29(34)30(2,3)4/h6,9-10,14-15,17-18,22H,1,7-8,11-13,16,19-21H2,2-5H3,(H,31,34). The van der Waals surface area contributed by atoms with Gasteiger partial charge in [0, 0.05) is 24.9 Å². The molecule has 0 aliphatic rings. The number of carbonyl (C=O) groups excluding carboxylic acids is 1. The molecule has 3 aromatic rings. The summed E-state index contributed by atoms with van der Waals surface area (Å²) in [6.07, 6.45) is 7.54. The van der Waals surface area contributed by atoms with Gasteiger partial charge in [-0.3, -0.25) is 4.79 Å². The molecule has 0 aliphatic carbocycles. The van der Waals surface area contributed by atoms with Gasteiger partial charge in [-0.2, -0.15) is 0 Å². The van der Waals surface area contributed by atoms with E-state index < -0.39 is 0 Å². The maximum absolute atomic E-state index is 12.0. The first kappa shape index (κ1) is 27.3. The van der Waals surface area contributed by atoms with Gasteiger partial charge in [-0.1, -0.05) is 51.5 Å². The minimum absolute atomic E-state index is 0.108. The number of benzene rings is 2. The monoisotopic (exact) mass is 491 g/mol. The summed E-state index contributed by atoms with van der Waals surface area (Å²) in [5.74, 6) is 2.74. The highest BCUT2D eigenvalue weighted by molar-refractivity contribution is 5.81. The number of amides is 1. The second-order valence-electron chi connectivity index (χ2n) is 10.2. The Balaban J connectivity index is 1.53. The van der Waals surface area contributed by atoms with Gasteiger partial charge < -0.3 is 19.4 Å². The number of imidazole rings is 1. The van der Waals surface area contributed by atoms with Crippen LogP contribution in [0.5, 0.6) is 11.5 Å². The number of hydrogen-bond acceptors (Lipinski definition) is 4. The third kappa shape index (κ3) is 7.61. The molecule has 6 heteroatoms. The molecule has 0 bridgehead atoms. The molecule has 36 heavy (non-hydrogen) atoms. The Bertz CT molecular complexity index is 1140. The summed E-state index contributed by atoms with van der Waals surface area (Å²) in [4.78, 5) is 16.9. The number of fused-ring (bicyclic) bond motifs is 1. The van der Waals surface area contributed by atoms with Crippen LogP contribution in [-0.4, -0.2) is 35.7 Å². The van der Waals surface area contributed by atoms with Crippen LogP contribution in [0, 0.1) is 5.41 Å². The molecule has 1 N–H and O–H groups in total. The van der Waals surface area contributed by atoms with Gasteiger partial charge in [0.2, 0.25) is 5.91 Å². The number of ether oxygens (including phenoxy) is 2. The van der Waals surface area contributed by atoms with Crippen LogP contribution in [0.15, 0.2) is 55.1 Å². The third-order valence-corrected chi connectivity index (χ3v) is 6.17. The molecule has 1 amide bonds. The molecule has 6 nitrogen and oxygen atoms in total. The van der Waals surface area contributed by atoms with E-state index in [9.17, 15) is 4.79 Å². The van der Waals surface area contributed by atoms with Crippen molar-refractivity contribution in [2.75, 3.05) is 20.3 Å². The fourth-order valence-corrected chi connectivity index (χ4v) is 4.15. The van der Waals surface area contributed by atoms with Crippen LogP contribution in [-0.2, 0) is 24.2 Å². The predicted octanol–water partition coefficient (Wildman–Crippen LogP) is 6.12. The van der Waals surface area contributed by atoms with Gasteiger partial charge in [-0.15, -0.1) is 6.58 Å². The number of nitrogens with one attached hydrogen (secondary N) is 1. The summed E-state index contributed by atoms with van der Waals surface area (Å²) < 4.78 is 13.9. The molecule has 0 spiro atoms. The molecule has 194 valence electrons. The third-order valence-electron chi connectivity index (χ3n) is 6.17. The molecule has 0 saturated carbocycles. The zero-order chi connectivity index (χ0) is 26.0. The highest BCUT2D eigenvalue weighted by atomic mass is 16.5. The summed E-state index contributed by atoms with van der Waals surface area (Å²) in [6, 6.07) is 14.3. The average molecular weight is 492 g/mol. The minimum Gasteiger partial charge on any atom is -0.493 e. The molecule has 1 heterocycles. The lowest BCUT2D eigenvalue weighted by atomic mass is 9.96. The van der Waals surface area contributed by atoms with E-state index >= 15 is 0 Å². The molecule has 1 aromatic heterocycles. The van der Waals surface area contributed by atoms with Crippen molar-refractivity contribution < 1.29 is 14.3 Å². The number of para-hydroxylation sites is 2. The van der Waals surface area contributed by atoms with Crippen molar-refractivity contribution in [1.29, 1.82) is 0 Å². The lowest BCUT2D eigenvalue weighted by Crippen LogP contribution is -2.35. The van der Waals surface area contributed by atoms with E-state index in [4.69, 9.17) is 14.5 Å². The number of rotatable bonds is 14. The van der Waals surface area contributed by atoms with Gasteiger partial charge in [0.1, 0.15) is 5.82 Å². The van der Waals surface area contributed by atoms with Gasteiger partial charge in [-0.25, -0.2) is 4.98 Å². The zero-order valence-corrected chi connectivity index (χ0v) is 22.3. The number of nitrogens with zero attached hydrogens (tertiary/aromatic N) is 2. The Morgan fingerprint density at radius 1 is 1.08 bits per heavy atom. The summed E-state index contributed by atoms with van der Waals surface area (Å²) in [6.45, 7) is 11.8. The summed E-state index contributed by atoms with van der Waals surface area (Å²) in [5, 5.41) is 3.03. The first-order valence-corrected chi connectivity index (χ1v) is 13.0. The normalized spacial score (nSPS) is 11.4. The maximum Gasteiger partial charge on any atom is 0.225 e. The van der Waals surface area contributed by atoms with Gasteiger partial charge in [0.15, 0.2) is 11.5 Å². The average Bonchev–Trinajstić information content (AvgIpc) is 3.21. The number of allylic oxidation sites excluding steroid dienone is 1. The Kier molecular flexibility index (Phi) is 9.97. The lowest BCUT2D eigenvalue weighted by molar-refractivity contribution is -0.128. The number of carbonyl (C=O) groups is 1. The minimum atomic E-state index is -0.339. The van der Waals surface area contributed by atoms with E-state index in [2.05, 4.69) is 40.7 Å². The quantitative estimate of drug-likeness (QED) is 0.218. The molecule has 0 radical (unpaired) electrons. The Hall–Kier alpha value is -3.28. The van der Waals surface area contributed by atoms with Crippen molar-refractivity contribution in [3.63, 3.8) is 0 Å². The van der Waals surface area contributed by atoms with E-state index in [1.54, 1.807) is 7.11 Å². The lowest BCUT2D eigenvalue weighted by Gasteiger charge is -2.17. The second-order valence-corrected chi connectivity index (χ2v) is 10.2. The summed E-state index contributed by atoms with van der Waals surface area (Å²) >= 11 is 0. The van der Waals surface area contributed by atoms with Crippen molar-refractivity contribution in [1.82, 2.24) is 14.9 Å². The maximum atomic E-state index is 12.0. The zero-order valence-electron chi connectivity index (χ0n) is 22.3. The molecule has 0 fully saturated rings. The van der Waals surface area contributed by atoms with Gasteiger partial charge in [0.25, 0.3) is 0 Å². The van der Waals surface area contributed by atoms with E-state index in [1.807, 2.05) is 45.0 Å². The van der Waals surface area contributed by atoms with E-state index in [1.165, 1.54) is 0 Å². The van der Waals surface area contributed by atoms with Gasteiger partial charge in [-0.05, 0) is 55.5 Å². The first-order valence-electron chi connectivity index (χ1n) is 13.0. The second kappa shape index (κ2) is 13.1. The Labute approximate surface area is 215 Å². The van der Waals surface area contributed by atoms with E-state index in [0.717, 1.165) is 85.5 Å². The van der Waals surface area contributed by atoms with Gasteiger partial charge in [0.05, 0.1) is 24.8 Å². The number of hydrogen-bond donors (Lipinski definition) is 1. The predicted molar refractivity (Wildman–Crippen MR) is 147 cm³/mol. The van der Waals surface area contributed by atoms with Crippen molar-refractivity contribution in [2.24, 2.45) is 5.41 Å². The molecule has 0 unspecified atom stereocenters. The summed E-state index contributed by atoms with van der Waals surface area (Å²) in [5.41, 5.74) is 3.01. The van der Waals surface area contributed by atoms with Crippen LogP contribution < -0.4 is 14.8 Å². The largest absolute Gasteiger partial charge is 0.493 e. The highest BCUT2D eigenvalue weighted by Crippen LogP contribution is 2.28. The van der Waals surface area contributed by atoms with Crippen LogP contribution >= 0.6 is 0 Å². The van der Waals surface area contributed by atoms with Crippen molar-refractivity contribution in [2.45, 2.75) is 65.8 Å². The Morgan fingerprint density at radius 3 is 2.64 bits per heavy atom. The molecular formula is C30H41N3O3. The van der Waals surface area contributed by atoms with E-state index in [0.29, 0.717) is 6.61 Å². The first-order chi connectivity index (χ1) is 17.3. The molecule has 0 atom stereocenters. The Morgan fingerprint density at radius 2 is 1.89 bits per heavy atom. The topological polar surface area (TPSA) is 65.4 Å². The van der Waals surface area contributed by atoms with Crippen molar-refractivity contribution >= 4 is 16.9 Å². The fraction of sp³-hybridized carbons (Fsp3) is 0.467. The number of unbranched alkanes of at least 4 members (excludes halogenated alkanes) is 2. The molecule has 0 saturated heterocycles. The summed E-state index contributed by atoms with van der Waals surface area (Å²) in [7, 11) is 1.67. The number of aromatic nitrogens is 2. The highest BCUT2D eigenvalue weighted by Gasteiger charge is 2.20. The van der Waals surface area contributed by atoms with Gasteiger partial charge >= 0.3 is 0 Å². The fourth-order valence-electron chi connectivity index (χ4n) is 4.15. The van der Waals surface area contributed by atoms with Crippen LogP contribution in [0.3, 0.4) is 0 Å². The number of methoxy groups -OCH3 is 1. The van der Waals surface area contributed by atoms with Crippen molar-refractivity contribution in [3.05, 3.63) is 66.5 Å². The van der Waals surface area contributed by atoms with E-state index in [-0.39, 0.29) is 11.3 Å². The molecule has 2 aromatic carbocycles. The van der Waals surface area contributed by atoms with Crippen molar-refractivity contribution in [3.8, 4) is 11.5 Å². The molecule has 3 rings (SSSR count). The molecular weight excluding hydrogens is 450 g/mol. The van der Waals surface area contributed by atoms with Crippen LogP contribution in [0.4, 0.5) is 0 Å².